The Labute approximate surface area is 138 Å². The van der Waals surface area contributed by atoms with Gasteiger partial charge in [-0.25, -0.2) is 4.79 Å². The molecule has 2 N–H and O–H groups in total. The molecule has 0 heterocycles. The molecule has 0 fully saturated rings. The summed E-state index contributed by atoms with van der Waals surface area (Å²) in [5, 5.41) is 5.03. The van der Waals surface area contributed by atoms with Crippen molar-refractivity contribution in [3.05, 3.63) is 35.9 Å². The van der Waals surface area contributed by atoms with Gasteiger partial charge in [-0.1, -0.05) is 43.7 Å². The Morgan fingerprint density at radius 3 is 2.61 bits per heavy atom. The van der Waals surface area contributed by atoms with Gasteiger partial charge in [-0.05, 0) is 12.0 Å². The topological polar surface area (TPSA) is 70.7 Å². The molecule has 1 rings (SSSR count). The molecule has 0 saturated heterocycles. The Hall–Kier alpha value is -1.92. The van der Waals surface area contributed by atoms with E-state index >= 15 is 0 Å². The smallest absolute Gasteiger partial charge is 0.321 e. The van der Waals surface area contributed by atoms with Crippen molar-refractivity contribution in [3.8, 4) is 0 Å². The van der Waals surface area contributed by atoms with E-state index < -0.39 is 6.03 Å². The van der Waals surface area contributed by atoms with Gasteiger partial charge in [0.25, 0.3) is 0 Å². The predicted molar refractivity (Wildman–Crippen MR) is 90.0 cm³/mol. The highest BCUT2D eigenvalue weighted by atomic mass is 16.5. The first-order valence-corrected chi connectivity index (χ1v) is 7.98. The van der Waals surface area contributed by atoms with Crippen LogP contribution in [0.1, 0.15) is 25.3 Å². The molecule has 0 radical (unpaired) electrons. The maximum atomic E-state index is 12.0. The number of amides is 3. The Bertz CT molecular complexity index is 465. The molecule has 0 aliphatic rings. The van der Waals surface area contributed by atoms with E-state index in [9.17, 15) is 9.59 Å². The van der Waals surface area contributed by atoms with Crippen LogP contribution in [0.2, 0.25) is 0 Å². The van der Waals surface area contributed by atoms with Crippen molar-refractivity contribution < 1.29 is 14.3 Å². The standard InChI is InChI=1S/C17H27N3O3/c1-3-4-10-18-17(22)19-16(21)14-20(11-12-23-2)13-15-8-6-5-7-9-15/h5-9H,3-4,10-14H2,1-2H3,(H2,18,19,21,22). The van der Waals surface area contributed by atoms with Gasteiger partial charge in [0.15, 0.2) is 0 Å². The van der Waals surface area contributed by atoms with E-state index in [-0.39, 0.29) is 12.5 Å². The van der Waals surface area contributed by atoms with Crippen molar-refractivity contribution in [1.82, 2.24) is 15.5 Å². The molecule has 0 aliphatic heterocycles. The zero-order valence-corrected chi connectivity index (χ0v) is 14.0. The number of urea groups is 1. The summed E-state index contributed by atoms with van der Waals surface area (Å²) in [6, 6.07) is 9.46. The van der Waals surface area contributed by atoms with Gasteiger partial charge in [0, 0.05) is 26.7 Å². The minimum atomic E-state index is -0.435. The molecule has 0 unspecified atom stereocenters. The van der Waals surface area contributed by atoms with Crippen molar-refractivity contribution in [2.45, 2.75) is 26.3 Å². The fourth-order valence-corrected chi connectivity index (χ4v) is 2.07. The fourth-order valence-electron chi connectivity index (χ4n) is 2.07. The number of carbonyl (C=O) groups is 2. The summed E-state index contributed by atoms with van der Waals surface area (Å²) < 4.78 is 5.09. The second-order valence-corrected chi connectivity index (χ2v) is 5.35. The molecule has 3 amide bonds. The molecule has 0 spiro atoms. The molecule has 1 aromatic carbocycles. The molecule has 0 bridgehead atoms. The van der Waals surface area contributed by atoms with Crippen LogP contribution in [0.4, 0.5) is 4.79 Å². The van der Waals surface area contributed by atoms with Gasteiger partial charge in [0.05, 0.1) is 13.2 Å². The van der Waals surface area contributed by atoms with E-state index in [1.165, 1.54) is 0 Å². The molecule has 128 valence electrons. The zero-order chi connectivity index (χ0) is 16.9. The predicted octanol–water partition coefficient (Wildman–Crippen LogP) is 1.76. The summed E-state index contributed by atoms with van der Waals surface area (Å²) >= 11 is 0. The Morgan fingerprint density at radius 2 is 1.96 bits per heavy atom. The van der Waals surface area contributed by atoms with Crippen molar-refractivity contribution in [2.75, 3.05) is 33.4 Å². The van der Waals surface area contributed by atoms with Gasteiger partial charge in [0.2, 0.25) is 5.91 Å². The van der Waals surface area contributed by atoms with Crippen LogP contribution in [0, 0.1) is 0 Å². The Kier molecular flexibility index (Phi) is 9.66. The minimum absolute atomic E-state index is 0.152. The average Bonchev–Trinajstić information content (AvgIpc) is 2.53. The summed E-state index contributed by atoms with van der Waals surface area (Å²) in [5.41, 5.74) is 1.11. The summed E-state index contributed by atoms with van der Waals surface area (Å²) in [6.45, 7) is 4.56. The van der Waals surface area contributed by atoms with E-state index in [0.717, 1.165) is 18.4 Å². The third kappa shape index (κ3) is 8.95. The quantitative estimate of drug-likeness (QED) is 0.644. The van der Waals surface area contributed by atoms with E-state index in [2.05, 4.69) is 10.6 Å². The second-order valence-electron chi connectivity index (χ2n) is 5.35. The van der Waals surface area contributed by atoms with Gasteiger partial charge in [-0.2, -0.15) is 0 Å². The second kappa shape index (κ2) is 11.6. The normalized spacial score (nSPS) is 10.6. The van der Waals surface area contributed by atoms with Crippen LogP contribution in [-0.4, -0.2) is 50.2 Å². The number of ether oxygens (including phenoxy) is 1. The molecular formula is C17H27N3O3. The van der Waals surface area contributed by atoms with Crippen LogP contribution in [-0.2, 0) is 16.1 Å². The third-order valence-electron chi connectivity index (χ3n) is 3.30. The summed E-state index contributed by atoms with van der Waals surface area (Å²) in [7, 11) is 1.63. The summed E-state index contributed by atoms with van der Waals surface area (Å²) in [6.07, 6.45) is 1.89. The number of benzene rings is 1. The number of methoxy groups -OCH3 is 1. The van der Waals surface area contributed by atoms with Crippen molar-refractivity contribution in [1.29, 1.82) is 0 Å². The number of unbranched alkanes of at least 4 members (excludes halogenated alkanes) is 1. The highest BCUT2D eigenvalue weighted by Gasteiger charge is 2.13. The average molecular weight is 321 g/mol. The van der Waals surface area contributed by atoms with Crippen LogP contribution in [0.3, 0.4) is 0 Å². The van der Waals surface area contributed by atoms with Crippen molar-refractivity contribution in [3.63, 3.8) is 0 Å². The lowest BCUT2D eigenvalue weighted by molar-refractivity contribution is -0.121. The molecule has 6 heteroatoms. The van der Waals surface area contributed by atoms with Crippen LogP contribution >= 0.6 is 0 Å². The van der Waals surface area contributed by atoms with Gasteiger partial charge in [-0.3, -0.25) is 15.0 Å². The number of nitrogens with zero attached hydrogens (tertiary/aromatic N) is 1. The summed E-state index contributed by atoms with van der Waals surface area (Å²) in [5.74, 6) is -0.314. The first-order valence-electron chi connectivity index (χ1n) is 7.98. The Balaban J connectivity index is 2.45. The van der Waals surface area contributed by atoms with E-state index in [1.54, 1.807) is 7.11 Å². The maximum Gasteiger partial charge on any atom is 0.321 e. The lowest BCUT2D eigenvalue weighted by atomic mass is 10.2. The summed E-state index contributed by atoms with van der Waals surface area (Å²) in [4.78, 5) is 25.5. The molecule has 0 saturated carbocycles. The lowest BCUT2D eigenvalue weighted by Crippen LogP contribution is -2.45. The molecule has 0 atom stereocenters. The first-order chi connectivity index (χ1) is 11.2. The van der Waals surface area contributed by atoms with Crippen LogP contribution in [0.25, 0.3) is 0 Å². The van der Waals surface area contributed by atoms with Crippen molar-refractivity contribution >= 4 is 11.9 Å². The number of imide groups is 1. The van der Waals surface area contributed by atoms with Gasteiger partial charge < -0.3 is 10.1 Å². The van der Waals surface area contributed by atoms with E-state index in [4.69, 9.17) is 4.74 Å². The maximum absolute atomic E-state index is 12.0. The van der Waals surface area contributed by atoms with Crippen LogP contribution < -0.4 is 10.6 Å². The molecule has 6 nitrogen and oxygen atoms in total. The van der Waals surface area contributed by atoms with E-state index in [0.29, 0.717) is 26.2 Å². The highest BCUT2D eigenvalue weighted by molar-refractivity contribution is 5.95. The highest BCUT2D eigenvalue weighted by Crippen LogP contribution is 2.04. The molecular weight excluding hydrogens is 294 g/mol. The lowest BCUT2D eigenvalue weighted by Gasteiger charge is -2.21. The number of carbonyl (C=O) groups excluding carboxylic acids is 2. The number of nitrogens with one attached hydrogen (secondary N) is 2. The minimum Gasteiger partial charge on any atom is -0.383 e. The molecule has 23 heavy (non-hydrogen) atoms. The monoisotopic (exact) mass is 321 g/mol. The number of hydrogen-bond donors (Lipinski definition) is 2. The molecule has 0 aliphatic carbocycles. The van der Waals surface area contributed by atoms with E-state index in [1.807, 2.05) is 42.2 Å². The molecule has 0 aromatic heterocycles. The molecule has 1 aromatic rings. The number of rotatable bonds is 10. The SMILES string of the molecule is CCCCNC(=O)NC(=O)CN(CCOC)Cc1ccccc1. The fraction of sp³-hybridized carbons (Fsp3) is 0.529. The zero-order valence-electron chi connectivity index (χ0n) is 14.0. The Morgan fingerprint density at radius 1 is 1.22 bits per heavy atom. The largest absolute Gasteiger partial charge is 0.383 e. The van der Waals surface area contributed by atoms with Crippen LogP contribution in [0.15, 0.2) is 30.3 Å². The third-order valence-corrected chi connectivity index (χ3v) is 3.30. The van der Waals surface area contributed by atoms with Gasteiger partial charge in [-0.15, -0.1) is 0 Å². The van der Waals surface area contributed by atoms with Crippen LogP contribution in [0.5, 0.6) is 0 Å². The number of hydrogen-bond acceptors (Lipinski definition) is 4. The van der Waals surface area contributed by atoms with Gasteiger partial charge in [0.1, 0.15) is 0 Å². The van der Waals surface area contributed by atoms with Gasteiger partial charge >= 0.3 is 6.03 Å². The first kappa shape index (κ1) is 19.1. The van der Waals surface area contributed by atoms with Crippen molar-refractivity contribution in [2.24, 2.45) is 0 Å².